The molecule has 0 saturated heterocycles. The van der Waals surface area contributed by atoms with Gasteiger partial charge in [-0.1, -0.05) is 35.4 Å². The quantitative estimate of drug-likeness (QED) is 0.748. The zero-order chi connectivity index (χ0) is 14.5. The van der Waals surface area contributed by atoms with Crippen LogP contribution in [-0.4, -0.2) is 7.11 Å². The van der Waals surface area contributed by atoms with Crippen LogP contribution in [0.25, 0.3) is 0 Å². The van der Waals surface area contributed by atoms with E-state index in [0.717, 1.165) is 16.9 Å². The molecule has 0 heterocycles. The summed E-state index contributed by atoms with van der Waals surface area (Å²) in [6.45, 7) is 4.71. The van der Waals surface area contributed by atoms with Gasteiger partial charge in [-0.3, -0.25) is 0 Å². The second-order valence-corrected chi connectivity index (χ2v) is 5.17. The van der Waals surface area contributed by atoms with E-state index in [4.69, 9.17) is 21.1 Å². The molecule has 0 aliphatic carbocycles. The van der Waals surface area contributed by atoms with Gasteiger partial charge in [-0.2, -0.15) is 0 Å². The minimum Gasteiger partial charge on any atom is -0.493 e. The predicted molar refractivity (Wildman–Crippen MR) is 82.8 cm³/mol. The number of alkyl halides is 1. The smallest absolute Gasteiger partial charge is 0.161 e. The van der Waals surface area contributed by atoms with Crippen LogP contribution in [0.5, 0.6) is 11.5 Å². The van der Waals surface area contributed by atoms with Gasteiger partial charge in [0.2, 0.25) is 0 Å². The highest BCUT2D eigenvalue weighted by Gasteiger charge is 2.06. The van der Waals surface area contributed by atoms with Crippen molar-refractivity contribution in [2.24, 2.45) is 0 Å². The van der Waals surface area contributed by atoms with E-state index in [1.807, 2.05) is 18.2 Å². The largest absolute Gasteiger partial charge is 0.493 e. The van der Waals surface area contributed by atoms with E-state index in [2.05, 4.69) is 32.0 Å². The third-order valence-electron chi connectivity index (χ3n) is 3.06. The molecule has 2 nitrogen and oxygen atoms in total. The minimum atomic E-state index is 0.466. The van der Waals surface area contributed by atoms with E-state index in [1.54, 1.807) is 7.11 Å². The maximum absolute atomic E-state index is 5.86. The second kappa shape index (κ2) is 6.67. The van der Waals surface area contributed by atoms with Gasteiger partial charge >= 0.3 is 0 Å². The van der Waals surface area contributed by atoms with Crippen molar-refractivity contribution in [2.45, 2.75) is 26.3 Å². The van der Waals surface area contributed by atoms with Gasteiger partial charge in [0, 0.05) is 5.88 Å². The van der Waals surface area contributed by atoms with Gasteiger partial charge in [0.05, 0.1) is 7.11 Å². The van der Waals surface area contributed by atoms with E-state index in [1.165, 1.54) is 11.1 Å². The zero-order valence-electron chi connectivity index (χ0n) is 12.1. The Morgan fingerprint density at radius 3 is 2.20 bits per heavy atom. The molecule has 0 bridgehead atoms. The van der Waals surface area contributed by atoms with E-state index in [-0.39, 0.29) is 0 Å². The van der Waals surface area contributed by atoms with E-state index < -0.39 is 0 Å². The van der Waals surface area contributed by atoms with Crippen LogP contribution >= 0.6 is 11.6 Å². The number of hydrogen-bond acceptors (Lipinski definition) is 2. The summed E-state index contributed by atoms with van der Waals surface area (Å²) < 4.78 is 11.2. The molecule has 2 aromatic rings. The number of halogens is 1. The summed E-state index contributed by atoms with van der Waals surface area (Å²) in [6, 6.07) is 12.2. The summed E-state index contributed by atoms with van der Waals surface area (Å²) in [5, 5.41) is 0. The Hall–Kier alpha value is -1.67. The van der Waals surface area contributed by atoms with Crippen LogP contribution in [0.15, 0.2) is 36.4 Å². The highest BCUT2D eigenvalue weighted by molar-refractivity contribution is 6.17. The minimum absolute atomic E-state index is 0.466. The highest BCUT2D eigenvalue weighted by Crippen LogP contribution is 2.29. The molecule has 0 aliphatic heterocycles. The lowest BCUT2D eigenvalue weighted by molar-refractivity contribution is 0.284. The number of benzene rings is 2. The van der Waals surface area contributed by atoms with Crippen molar-refractivity contribution in [3.8, 4) is 11.5 Å². The third kappa shape index (κ3) is 3.67. The molecule has 0 amide bonds. The summed E-state index contributed by atoms with van der Waals surface area (Å²) in [5.74, 6) is 1.92. The Morgan fingerprint density at radius 2 is 1.60 bits per heavy atom. The first kappa shape index (κ1) is 14.7. The van der Waals surface area contributed by atoms with Crippen LogP contribution in [0.2, 0.25) is 0 Å². The fraction of sp³-hybridized carbons (Fsp3) is 0.294. The van der Waals surface area contributed by atoms with Gasteiger partial charge < -0.3 is 9.47 Å². The summed E-state index contributed by atoms with van der Waals surface area (Å²) in [5.41, 5.74) is 4.66. The van der Waals surface area contributed by atoms with Crippen molar-refractivity contribution >= 4 is 11.6 Å². The van der Waals surface area contributed by atoms with Crippen molar-refractivity contribution in [3.63, 3.8) is 0 Å². The van der Waals surface area contributed by atoms with Crippen molar-refractivity contribution in [2.75, 3.05) is 7.11 Å². The zero-order valence-corrected chi connectivity index (χ0v) is 12.8. The lowest BCUT2D eigenvalue weighted by Crippen LogP contribution is -1.99. The Kier molecular flexibility index (Phi) is 4.91. The maximum Gasteiger partial charge on any atom is 0.161 e. The van der Waals surface area contributed by atoms with Gasteiger partial charge in [0.1, 0.15) is 6.61 Å². The summed E-state index contributed by atoms with van der Waals surface area (Å²) in [7, 11) is 1.64. The Bertz CT molecular complexity index is 573. The van der Waals surface area contributed by atoms with Crippen LogP contribution in [0.1, 0.15) is 22.3 Å². The van der Waals surface area contributed by atoms with Gasteiger partial charge in [-0.15, -0.1) is 11.6 Å². The second-order valence-electron chi connectivity index (χ2n) is 4.90. The van der Waals surface area contributed by atoms with E-state index in [9.17, 15) is 0 Å². The number of methoxy groups -OCH3 is 1. The molecule has 3 heteroatoms. The normalized spacial score (nSPS) is 10.4. The lowest BCUT2D eigenvalue weighted by atomic mass is 10.1. The molecule has 106 valence electrons. The average molecular weight is 291 g/mol. The fourth-order valence-electron chi connectivity index (χ4n) is 2.23. The van der Waals surface area contributed by atoms with Gasteiger partial charge in [0.25, 0.3) is 0 Å². The Morgan fingerprint density at radius 1 is 0.900 bits per heavy atom. The van der Waals surface area contributed by atoms with Crippen LogP contribution < -0.4 is 9.47 Å². The van der Waals surface area contributed by atoms with Crippen molar-refractivity contribution in [3.05, 3.63) is 58.7 Å². The first-order valence-corrected chi connectivity index (χ1v) is 7.08. The molecule has 0 radical (unpaired) electrons. The standard InChI is InChI=1S/C17H19ClO2/c1-12-6-13(2)8-15(7-12)11-20-16-5-4-14(10-18)9-17(16)19-3/h4-9H,10-11H2,1-3H3. The third-order valence-corrected chi connectivity index (χ3v) is 3.37. The molecule has 0 unspecified atom stereocenters. The molecule has 0 aliphatic rings. The van der Waals surface area contributed by atoms with Gasteiger partial charge in [-0.25, -0.2) is 0 Å². The fourth-order valence-corrected chi connectivity index (χ4v) is 2.39. The highest BCUT2D eigenvalue weighted by atomic mass is 35.5. The molecular weight excluding hydrogens is 272 g/mol. The first-order chi connectivity index (χ1) is 9.62. The maximum atomic E-state index is 5.86. The predicted octanol–water partition coefficient (Wildman–Crippen LogP) is 4.63. The number of hydrogen-bond donors (Lipinski definition) is 0. The Labute approximate surface area is 125 Å². The van der Waals surface area contributed by atoms with Crippen LogP contribution in [0.4, 0.5) is 0 Å². The summed E-state index contributed by atoms with van der Waals surface area (Å²) >= 11 is 5.82. The van der Waals surface area contributed by atoms with Crippen molar-refractivity contribution in [1.29, 1.82) is 0 Å². The topological polar surface area (TPSA) is 18.5 Å². The molecule has 0 N–H and O–H groups in total. The number of aryl methyl sites for hydroxylation is 2. The Balaban J connectivity index is 2.14. The molecule has 0 atom stereocenters. The summed E-state index contributed by atoms with van der Waals surface area (Å²) in [4.78, 5) is 0. The first-order valence-electron chi connectivity index (χ1n) is 6.55. The molecule has 2 rings (SSSR count). The van der Waals surface area contributed by atoms with Gasteiger partial charge in [-0.05, 0) is 37.1 Å². The monoisotopic (exact) mass is 290 g/mol. The van der Waals surface area contributed by atoms with Crippen LogP contribution in [0.3, 0.4) is 0 Å². The molecule has 0 saturated carbocycles. The van der Waals surface area contributed by atoms with Crippen LogP contribution in [-0.2, 0) is 12.5 Å². The van der Waals surface area contributed by atoms with Crippen molar-refractivity contribution in [1.82, 2.24) is 0 Å². The molecule has 20 heavy (non-hydrogen) atoms. The van der Waals surface area contributed by atoms with Crippen LogP contribution in [0, 0.1) is 13.8 Å². The van der Waals surface area contributed by atoms with E-state index >= 15 is 0 Å². The lowest BCUT2D eigenvalue weighted by Gasteiger charge is -2.12. The molecule has 0 fully saturated rings. The average Bonchev–Trinajstić information content (AvgIpc) is 2.44. The molecule has 0 spiro atoms. The van der Waals surface area contributed by atoms with E-state index in [0.29, 0.717) is 18.2 Å². The molecule has 0 aromatic heterocycles. The SMILES string of the molecule is COc1cc(CCl)ccc1OCc1cc(C)cc(C)c1. The molecule has 2 aromatic carbocycles. The summed E-state index contributed by atoms with van der Waals surface area (Å²) in [6.07, 6.45) is 0. The number of ether oxygens (including phenoxy) is 2. The van der Waals surface area contributed by atoms with Gasteiger partial charge in [0.15, 0.2) is 11.5 Å². The number of rotatable bonds is 5. The van der Waals surface area contributed by atoms with Crippen molar-refractivity contribution < 1.29 is 9.47 Å². The molecular formula is C17H19ClO2.